The molecule has 0 saturated carbocycles. The van der Waals surface area contributed by atoms with E-state index in [4.69, 9.17) is 16.3 Å². The van der Waals surface area contributed by atoms with Crippen LogP contribution >= 0.6 is 11.6 Å². The number of aromatic hydroxyl groups is 1. The van der Waals surface area contributed by atoms with Crippen molar-refractivity contribution in [3.05, 3.63) is 53.2 Å². The van der Waals surface area contributed by atoms with E-state index in [1.807, 2.05) is 22.7 Å². The van der Waals surface area contributed by atoms with E-state index in [0.29, 0.717) is 15.9 Å². The van der Waals surface area contributed by atoms with Crippen LogP contribution in [-0.4, -0.2) is 17.7 Å². The Kier molecular flexibility index (Phi) is 4.74. The normalized spacial score (nSPS) is 10.5. The lowest BCUT2D eigenvalue weighted by atomic mass is 10.1. The first-order valence-electron chi connectivity index (χ1n) is 6.55. The van der Waals surface area contributed by atoms with Crippen molar-refractivity contribution in [1.29, 1.82) is 0 Å². The van der Waals surface area contributed by atoms with Gasteiger partial charge < -0.3 is 22.3 Å². The van der Waals surface area contributed by atoms with Gasteiger partial charge in [0.25, 0.3) is 0 Å². The van der Waals surface area contributed by atoms with Crippen LogP contribution in [0.1, 0.15) is 17.3 Å². The number of hydrogen-bond donors (Lipinski definition) is 1. The number of fused-ring (bicyclic) bond motifs is 3. The van der Waals surface area contributed by atoms with E-state index in [2.05, 4.69) is 0 Å². The van der Waals surface area contributed by atoms with Crippen molar-refractivity contribution in [3.63, 3.8) is 0 Å². The molecule has 0 radical (unpaired) electrons. The summed E-state index contributed by atoms with van der Waals surface area (Å²) < 4.78 is 6.86. The number of nitrogens with zero attached hydrogens (tertiary/aromatic N) is 1. The highest BCUT2D eigenvalue weighted by Crippen LogP contribution is 2.34. The highest BCUT2D eigenvalue weighted by Gasteiger charge is 2.27. The van der Waals surface area contributed by atoms with Gasteiger partial charge in [-0.3, -0.25) is 0 Å². The topological polar surface area (TPSA) is 50.6 Å². The van der Waals surface area contributed by atoms with Gasteiger partial charge >= 0.3 is 5.97 Å². The van der Waals surface area contributed by atoms with Crippen LogP contribution in [0.4, 0.5) is 0 Å². The van der Waals surface area contributed by atoms with E-state index < -0.39 is 5.97 Å². The second-order valence-electron chi connectivity index (χ2n) is 4.53. The molecule has 0 fully saturated rings. The van der Waals surface area contributed by atoms with Crippen LogP contribution in [-0.2, 0) is 4.74 Å². The zero-order chi connectivity index (χ0) is 15.0. The smallest absolute Gasteiger partial charge is 0.348 e. The Balaban J connectivity index is 0.00000176. The minimum absolute atomic E-state index is 0. The summed E-state index contributed by atoms with van der Waals surface area (Å²) in [4.78, 5) is 12.2. The number of hydrogen-bond acceptors (Lipinski definition) is 3. The predicted octanol–water partition coefficient (Wildman–Crippen LogP) is 0.118. The number of esters is 1. The van der Waals surface area contributed by atoms with Crippen LogP contribution < -0.4 is 16.8 Å². The monoisotopic (exact) mass is 337 g/mol. The second-order valence-corrected chi connectivity index (χ2v) is 4.94. The SMILES string of the molecule is CCOC(=O)c1c(O)c2c(Cl)cccc2[n+]2ccccc12.[Cl-]. The number of rotatable bonds is 2. The largest absolute Gasteiger partial charge is 1.00 e. The van der Waals surface area contributed by atoms with Crippen molar-refractivity contribution in [2.45, 2.75) is 6.92 Å². The molecule has 3 aromatic rings. The fourth-order valence-corrected chi connectivity index (χ4v) is 2.71. The molecule has 114 valence electrons. The lowest BCUT2D eigenvalue weighted by Gasteiger charge is -2.08. The third kappa shape index (κ3) is 2.45. The number of halogens is 2. The molecule has 0 bridgehead atoms. The van der Waals surface area contributed by atoms with Crippen LogP contribution in [0.15, 0.2) is 42.6 Å². The van der Waals surface area contributed by atoms with Gasteiger partial charge in [-0.05, 0) is 19.1 Å². The average Bonchev–Trinajstić information content (AvgIpc) is 2.47. The van der Waals surface area contributed by atoms with Gasteiger partial charge in [0, 0.05) is 18.2 Å². The van der Waals surface area contributed by atoms with Gasteiger partial charge in [0.15, 0.2) is 17.5 Å². The lowest BCUT2D eigenvalue weighted by molar-refractivity contribution is -0.481. The molecular formula is C16H13Cl2NO3. The molecule has 0 saturated heterocycles. The third-order valence-corrected chi connectivity index (χ3v) is 3.64. The molecule has 1 N–H and O–H groups in total. The fourth-order valence-electron chi connectivity index (χ4n) is 2.46. The molecule has 0 unspecified atom stereocenters. The van der Waals surface area contributed by atoms with E-state index in [-0.39, 0.29) is 30.3 Å². The molecule has 0 spiro atoms. The minimum Gasteiger partial charge on any atom is -1.00 e. The number of carbonyl (C=O) groups excluding carboxylic acids is 1. The Bertz CT molecular complexity index is 865. The molecule has 1 aromatic carbocycles. The van der Waals surface area contributed by atoms with Gasteiger partial charge in [0.1, 0.15) is 5.39 Å². The van der Waals surface area contributed by atoms with Gasteiger partial charge in [0.05, 0.1) is 11.6 Å². The maximum absolute atomic E-state index is 12.2. The Hall–Kier alpha value is -2.04. The van der Waals surface area contributed by atoms with Gasteiger partial charge in [-0.2, -0.15) is 4.40 Å². The first-order valence-corrected chi connectivity index (χ1v) is 6.93. The summed E-state index contributed by atoms with van der Waals surface area (Å²) in [7, 11) is 0. The maximum Gasteiger partial charge on any atom is 0.348 e. The van der Waals surface area contributed by atoms with E-state index in [1.54, 1.807) is 31.2 Å². The summed E-state index contributed by atoms with van der Waals surface area (Å²) in [6, 6.07) is 10.7. The lowest BCUT2D eigenvalue weighted by Crippen LogP contribution is -3.00. The summed E-state index contributed by atoms with van der Waals surface area (Å²) in [5.74, 6) is -0.722. The Morgan fingerprint density at radius 2 is 1.95 bits per heavy atom. The number of aromatic nitrogens is 1. The molecule has 0 aliphatic carbocycles. The highest BCUT2D eigenvalue weighted by atomic mass is 35.5. The molecule has 0 atom stereocenters. The summed E-state index contributed by atoms with van der Waals surface area (Å²) in [5, 5.41) is 11.3. The number of benzene rings is 1. The summed E-state index contributed by atoms with van der Waals surface area (Å²) in [6.45, 7) is 1.95. The van der Waals surface area contributed by atoms with Crippen LogP contribution in [0.25, 0.3) is 16.4 Å². The van der Waals surface area contributed by atoms with E-state index in [1.165, 1.54) is 0 Å². The number of ether oxygens (including phenoxy) is 1. The first kappa shape index (κ1) is 16.3. The molecule has 0 aliphatic rings. The van der Waals surface area contributed by atoms with Crippen molar-refractivity contribution < 1.29 is 31.4 Å². The Morgan fingerprint density at radius 3 is 2.68 bits per heavy atom. The van der Waals surface area contributed by atoms with E-state index in [9.17, 15) is 9.90 Å². The molecule has 0 amide bonds. The van der Waals surface area contributed by atoms with Gasteiger partial charge in [-0.25, -0.2) is 4.79 Å². The van der Waals surface area contributed by atoms with Gasteiger partial charge in [-0.1, -0.05) is 17.7 Å². The van der Waals surface area contributed by atoms with Gasteiger partial charge in [0.2, 0.25) is 11.0 Å². The van der Waals surface area contributed by atoms with Crippen molar-refractivity contribution in [3.8, 4) is 5.75 Å². The van der Waals surface area contributed by atoms with Crippen molar-refractivity contribution in [2.75, 3.05) is 6.61 Å². The van der Waals surface area contributed by atoms with Crippen LogP contribution in [0, 0.1) is 0 Å². The standard InChI is InChI=1S/C16H12ClNO3.ClH/c1-2-21-16(20)14-12-7-3-4-9-18(12)11-8-5-6-10(17)13(11)15(14)19;/h3-9H,2H2,1H3;1H. The fraction of sp³-hybridized carbons (Fsp3) is 0.125. The quantitative estimate of drug-likeness (QED) is 0.410. The first-order chi connectivity index (χ1) is 10.1. The molecule has 2 aromatic heterocycles. The molecule has 22 heavy (non-hydrogen) atoms. The molecule has 4 nitrogen and oxygen atoms in total. The summed E-state index contributed by atoms with van der Waals surface area (Å²) in [6.07, 6.45) is 1.82. The highest BCUT2D eigenvalue weighted by molar-refractivity contribution is 6.36. The summed E-state index contributed by atoms with van der Waals surface area (Å²) in [5.41, 5.74) is 1.42. The zero-order valence-electron chi connectivity index (χ0n) is 11.7. The Morgan fingerprint density at radius 1 is 1.23 bits per heavy atom. The predicted molar refractivity (Wildman–Crippen MR) is 79.7 cm³/mol. The molecule has 3 rings (SSSR count). The molecule has 6 heteroatoms. The van der Waals surface area contributed by atoms with Crippen molar-refractivity contribution in [2.24, 2.45) is 0 Å². The van der Waals surface area contributed by atoms with Crippen LogP contribution in [0.5, 0.6) is 5.75 Å². The molecule has 0 aliphatic heterocycles. The van der Waals surface area contributed by atoms with Gasteiger partial charge in [-0.15, -0.1) is 0 Å². The maximum atomic E-state index is 12.2. The third-order valence-electron chi connectivity index (χ3n) is 3.32. The minimum atomic E-state index is -0.569. The summed E-state index contributed by atoms with van der Waals surface area (Å²) >= 11 is 6.19. The van der Waals surface area contributed by atoms with Crippen molar-refractivity contribution in [1.82, 2.24) is 0 Å². The average molecular weight is 338 g/mol. The van der Waals surface area contributed by atoms with Crippen LogP contribution in [0.2, 0.25) is 5.02 Å². The number of pyridine rings is 2. The zero-order valence-corrected chi connectivity index (χ0v) is 13.2. The van der Waals surface area contributed by atoms with Crippen LogP contribution in [0.3, 0.4) is 0 Å². The van der Waals surface area contributed by atoms with Crippen molar-refractivity contribution >= 4 is 34.0 Å². The Labute approximate surface area is 138 Å². The second kappa shape index (κ2) is 6.38. The number of carbonyl (C=O) groups is 1. The molecule has 2 heterocycles. The molecular weight excluding hydrogens is 325 g/mol. The van der Waals surface area contributed by atoms with E-state index >= 15 is 0 Å². The van der Waals surface area contributed by atoms with E-state index in [0.717, 1.165) is 5.52 Å².